The van der Waals surface area contributed by atoms with Crippen LogP contribution in [0.1, 0.15) is 12.5 Å². The van der Waals surface area contributed by atoms with Gasteiger partial charge in [-0.1, -0.05) is 0 Å². The van der Waals surface area contributed by atoms with Crippen LogP contribution in [0.4, 0.5) is 0 Å². The van der Waals surface area contributed by atoms with Crippen molar-refractivity contribution >= 4 is 0 Å². The van der Waals surface area contributed by atoms with Crippen LogP contribution < -0.4 is 0 Å². The van der Waals surface area contributed by atoms with Crippen molar-refractivity contribution < 1.29 is 4.74 Å². The van der Waals surface area contributed by atoms with Crippen molar-refractivity contribution in [3.05, 3.63) is 24.0 Å². The molecule has 0 fully saturated rings. The highest BCUT2D eigenvalue weighted by atomic mass is 16.5. The summed E-state index contributed by atoms with van der Waals surface area (Å²) in [5, 5.41) is 0. The Bertz CT molecular complexity index is 146. The van der Waals surface area contributed by atoms with Gasteiger partial charge in [-0.25, -0.2) is 0 Å². The van der Waals surface area contributed by atoms with E-state index in [1.807, 2.05) is 25.4 Å². The molecule has 0 aliphatic rings. The first kappa shape index (κ1) is 6.36. The van der Waals surface area contributed by atoms with Gasteiger partial charge in [0.05, 0.1) is 6.61 Å². The van der Waals surface area contributed by atoms with Crippen LogP contribution in [0.25, 0.3) is 0 Å². The molecule has 1 aromatic rings. The summed E-state index contributed by atoms with van der Waals surface area (Å²) < 4.78 is 5.16. The lowest BCUT2D eigenvalue weighted by Gasteiger charge is -1.94. The van der Waals surface area contributed by atoms with E-state index >= 15 is 0 Å². The molecule has 1 heterocycles. The molecule has 0 radical (unpaired) electrons. The van der Waals surface area contributed by atoms with Gasteiger partial charge in [0.1, 0.15) is 0 Å². The van der Waals surface area contributed by atoms with E-state index in [9.17, 15) is 0 Å². The molecule has 0 atom stereocenters. The lowest BCUT2D eigenvalue weighted by molar-refractivity contribution is 0.134. The van der Waals surface area contributed by atoms with E-state index in [4.69, 9.17) is 4.74 Å². The third-order valence-electron chi connectivity index (χ3n) is 1.14. The smallest absolute Gasteiger partial charge is 0.0731 e. The molecule has 1 aromatic heterocycles. The molecule has 0 saturated carbocycles. The average molecular weight is 125 g/mol. The van der Waals surface area contributed by atoms with E-state index in [-0.39, 0.29) is 0 Å². The maximum Gasteiger partial charge on any atom is 0.0731 e. The molecule has 50 valence electrons. The molecule has 0 saturated heterocycles. The van der Waals surface area contributed by atoms with E-state index in [0.29, 0.717) is 0 Å². The number of hydrogen-bond donors (Lipinski definition) is 1. The molecule has 1 N–H and O–H groups in total. The largest absolute Gasteiger partial charge is 0.377 e. The number of H-pyrrole nitrogens is 1. The van der Waals surface area contributed by atoms with Crippen molar-refractivity contribution in [1.29, 1.82) is 0 Å². The number of ether oxygens (including phenoxy) is 1. The molecule has 0 aliphatic heterocycles. The van der Waals surface area contributed by atoms with Gasteiger partial charge in [-0.15, -0.1) is 0 Å². The number of nitrogens with one attached hydrogen (secondary N) is 1. The van der Waals surface area contributed by atoms with Crippen LogP contribution in [-0.2, 0) is 11.3 Å². The Labute approximate surface area is 54.8 Å². The van der Waals surface area contributed by atoms with Crippen LogP contribution in [0.5, 0.6) is 0 Å². The molecule has 0 aliphatic carbocycles. The van der Waals surface area contributed by atoms with Crippen molar-refractivity contribution in [2.24, 2.45) is 0 Å². The lowest BCUT2D eigenvalue weighted by atomic mass is 10.4. The zero-order valence-electron chi connectivity index (χ0n) is 5.55. The topological polar surface area (TPSA) is 25.0 Å². The summed E-state index contributed by atoms with van der Waals surface area (Å²) in [6.07, 6.45) is 3.84. The van der Waals surface area contributed by atoms with Gasteiger partial charge in [-0.3, -0.25) is 0 Å². The molecule has 1 rings (SSSR count). The average Bonchev–Trinajstić information content (AvgIpc) is 2.34. The van der Waals surface area contributed by atoms with Crippen LogP contribution in [0.2, 0.25) is 0 Å². The Morgan fingerprint density at radius 3 is 3.11 bits per heavy atom. The van der Waals surface area contributed by atoms with Crippen LogP contribution >= 0.6 is 0 Å². The third kappa shape index (κ3) is 1.90. The Kier molecular flexibility index (Phi) is 2.33. The van der Waals surface area contributed by atoms with Gasteiger partial charge in [0, 0.05) is 19.0 Å². The Balaban J connectivity index is 2.30. The van der Waals surface area contributed by atoms with Crippen molar-refractivity contribution in [3.63, 3.8) is 0 Å². The number of rotatable bonds is 3. The van der Waals surface area contributed by atoms with Gasteiger partial charge in [0.25, 0.3) is 0 Å². The zero-order valence-corrected chi connectivity index (χ0v) is 5.55. The van der Waals surface area contributed by atoms with Gasteiger partial charge in [0.2, 0.25) is 0 Å². The van der Waals surface area contributed by atoms with E-state index in [1.165, 1.54) is 5.56 Å². The second-order valence-corrected chi connectivity index (χ2v) is 1.86. The van der Waals surface area contributed by atoms with Crippen molar-refractivity contribution in [2.75, 3.05) is 6.61 Å². The normalized spacial score (nSPS) is 9.89. The Hall–Kier alpha value is -0.760. The first-order valence-corrected chi connectivity index (χ1v) is 3.13. The fourth-order valence-corrected chi connectivity index (χ4v) is 0.668. The van der Waals surface area contributed by atoms with Gasteiger partial charge in [0.15, 0.2) is 0 Å². The summed E-state index contributed by atoms with van der Waals surface area (Å²) in [5.41, 5.74) is 1.21. The fraction of sp³-hybridized carbons (Fsp3) is 0.429. The van der Waals surface area contributed by atoms with Gasteiger partial charge in [-0.05, 0) is 18.6 Å². The highest BCUT2D eigenvalue weighted by Crippen LogP contribution is 1.97. The van der Waals surface area contributed by atoms with E-state index in [0.717, 1.165) is 13.2 Å². The van der Waals surface area contributed by atoms with E-state index < -0.39 is 0 Å². The van der Waals surface area contributed by atoms with Gasteiger partial charge in [-0.2, -0.15) is 0 Å². The number of aromatic amines is 1. The minimum absolute atomic E-state index is 0.722. The summed E-state index contributed by atoms with van der Waals surface area (Å²) in [5.74, 6) is 0. The molecule has 0 unspecified atom stereocenters. The van der Waals surface area contributed by atoms with Crippen LogP contribution in [0, 0.1) is 0 Å². The molecular weight excluding hydrogens is 114 g/mol. The van der Waals surface area contributed by atoms with Gasteiger partial charge >= 0.3 is 0 Å². The second-order valence-electron chi connectivity index (χ2n) is 1.86. The third-order valence-corrected chi connectivity index (χ3v) is 1.14. The summed E-state index contributed by atoms with van der Waals surface area (Å²) in [6.45, 7) is 3.50. The maximum atomic E-state index is 5.16. The Morgan fingerprint density at radius 1 is 1.67 bits per heavy atom. The van der Waals surface area contributed by atoms with E-state index in [1.54, 1.807) is 0 Å². The SMILES string of the molecule is CCOCc1cc[nH]c1. The minimum Gasteiger partial charge on any atom is -0.377 e. The quantitative estimate of drug-likeness (QED) is 0.651. The molecule has 0 aromatic carbocycles. The molecular formula is C7H11NO. The summed E-state index contributed by atoms with van der Waals surface area (Å²) >= 11 is 0. The molecule has 2 nitrogen and oxygen atoms in total. The molecule has 0 bridgehead atoms. The Morgan fingerprint density at radius 2 is 2.56 bits per heavy atom. The first-order valence-electron chi connectivity index (χ1n) is 3.13. The van der Waals surface area contributed by atoms with Gasteiger partial charge < -0.3 is 9.72 Å². The standard InChI is InChI=1S/C7H11NO/c1-2-9-6-7-3-4-8-5-7/h3-5,8H,2,6H2,1H3. The van der Waals surface area contributed by atoms with Crippen molar-refractivity contribution in [1.82, 2.24) is 4.98 Å². The number of aromatic nitrogens is 1. The molecule has 0 amide bonds. The predicted molar refractivity (Wildman–Crippen MR) is 36.1 cm³/mol. The summed E-state index contributed by atoms with van der Waals surface area (Å²) in [4.78, 5) is 2.96. The lowest BCUT2D eigenvalue weighted by Crippen LogP contribution is -1.88. The van der Waals surface area contributed by atoms with Crippen LogP contribution in [-0.4, -0.2) is 11.6 Å². The first-order chi connectivity index (χ1) is 4.43. The fourth-order valence-electron chi connectivity index (χ4n) is 0.668. The van der Waals surface area contributed by atoms with Crippen molar-refractivity contribution in [3.8, 4) is 0 Å². The molecule has 2 heteroatoms. The molecule has 9 heavy (non-hydrogen) atoms. The van der Waals surface area contributed by atoms with Crippen molar-refractivity contribution in [2.45, 2.75) is 13.5 Å². The minimum atomic E-state index is 0.722. The number of hydrogen-bond acceptors (Lipinski definition) is 1. The summed E-state index contributed by atoms with van der Waals surface area (Å²) in [6, 6.07) is 2.01. The van der Waals surface area contributed by atoms with E-state index in [2.05, 4.69) is 4.98 Å². The highest BCUT2D eigenvalue weighted by Gasteiger charge is 1.88. The maximum absolute atomic E-state index is 5.16. The van der Waals surface area contributed by atoms with Crippen LogP contribution in [0.15, 0.2) is 18.5 Å². The summed E-state index contributed by atoms with van der Waals surface area (Å²) in [7, 11) is 0. The highest BCUT2D eigenvalue weighted by molar-refractivity contribution is 5.06. The van der Waals surface area contributed by atoms with Crippen LogP contribution in [0.3, 0.4) is 0 Å². The molecule has 0 spiro atoms. The monoisotopic (exact) mass is 125 g/mol. The predicted octanol–water partition coefficient (Wildman–Crippen LogP) is 1.55. The zero-order chi connectivity index (χ0) is 6.53. The second kappa shape index (κ2) is 3.30.